The number of hydrogen-bond acceptors (Lipinski definition) is 7. The molecule has 1 N–H and O–H groups in total. The van der Waals surface area contributed by atoms with Crippen molar-refractivity contribution in [3.05, 3.63) is 69.2 Å². The molecule has 0 bridgehead atoms. The van der Waals surface area contributed by atoms with Crippen LogP contribution >= 0.6 is 11.6 Å². The molecule has 3 rings (SSSR count). The molecule has 41 heavy (non-hydrogen) atoms. The molecule has 0 atom stereocenters. The molecule has 0 spiro atoms. The number of nitro groups is 1. The number of amides is 3. The Balaban J connectivity index is 1.72. The second kappa shape index (κ2) is 15.1. The van der Waals surface area contributed by atoms with Crippen LogP contribution < -0.4 is 5.32 Å². The number of non-ortho nitro benzene ring substituents is 1. The molecule has 0 aliphatic carbocycles. The normalized spacial score (nSPS) is 14.2. The van der Waals surface area contributed by atoms with E-state index < -0.39 is 14.9 Å². The fraction of sp³-hybridized carbons (Fsp3) is 0.481. The molecule has 224 valence electrons. The Kier molecular flexibility index (Phi) is 11.9. The smallest absolute Gasteiger partial charge is 0.321 e. The highest BCUT2D eigenvalue weighted by Crippen LogP contribution is 2.23. The second-order valence-electron chi connectivity index (χ2n) is 9.75. The van der Waals surface area contributed by atoms with Crippen LogP contribution in [0.3, 0.4) is 0 Å². The van der Waals surface area contributed by atoms with Crippen molar-refractivity contribution in [1.29, 1.82) is 0 Å². The third kappa shape index (κ3) is 9.38. The summed E-state index contributed by atoms with van der Waals surface area (Å²) < 4.78 is 32.1. The van der Waals surface area contributed by atoms with Crippen molar-refractivity contribution in [2.45, 2.75) is 38.8 Å². The van der Waals surface area contributed by atoms with Gasteiger partial charge in [0.2, 0.25) is 15.9 Å². The van der Waals surface area contributed by atoms with Crippen LogP contribution in [0.5, 0.6) is 0 Å². The number of ether oxygens (including phenoxy) is 1. The van der Waals surface area contributed by atoms with Crippen LogP contribution in [0.15, 0.2) is 48.5 Å². The second-order valence-corrected chi connectivity index (χ2v) is 12.3. The van der Waals surface area contributed by atoms with Crippen molar-refractivity contribution in [1.82, 2.24) is 14.1 Å². The first-order chi connectivity index (χ1) is 19.5. The van der Waals surface area contributed by atoms with Crippen LogP contribution in [-0.2, 0) is 26.1 Å². The number of carbonyl (C=O) groups is 2. The first kappa shape index (κ1) is 32.3. The van der Waals surface area contributed by atoms with Crippen molar-refractivity contribution < 1.29 is 27.7 Å². The van der Waals surface area contributed by atoms with Gasteiger partial charge in [-0.05, 0) is 49.1 Å². The minimum Gasteiger partial charge on any atom is -0.383 e. The summed E-state index contributed by atoms with van der Waals surface area (Å²) in [7, 11) is -2.18. The number of benzene rings is 2. The summed E-state index contributed by atoms with van der Waals surface area (Å²) in [4.78, 5) is 40.2. The topological polar surface area (TPSA) is 142 Å². The first-order valence-corrected chi connectivity index (χ1v) is 15.3. The minimum atomic E-state index is -3.65. The van der Waals surface area contributed by atoms with Gasteiger partial charge < -0.3 is 19.9 Å². The number of likely N-dealkylation sites (tertiary alicyclic amines) is 1. The number of nitro benzene ring substituents is 1. The maximum atomic E-state index is 13.7. The van der Waals surface area contributed by atoms with E-state index >= 15 is 0 Å². The average molecular weight is 610 g/mol. The lowest BCUT2D eigenvalue weighted by Gasteiger charge is -2.39. The Hall–Kier alpha value is -3.26. The number of piperidine rings is 1. The van der Waals surface area contributed by atoms with Gasteiger partial charge in [0, 0.05) is 62.2 Å². The van der Waals surface area contributed by atoms with E-state index in [2.05, 4.69) is 5.32 Å². The van der Waals surface area contributed by atoms with Gasteiger partial charge >= 0.3 is 6.03 Å². The molecule has 1 heterocycles. The summed E-state index contributed by atoms with van der Waals surface area (Å²) in [6.07, 6.45) is 1.40. The molecule has 2 aromatic carbocycles. The third-order valence-electron chi connectivity index (χ3n) is 6.80. The largest absolute Gasteiger partial charge is 0.383 e. The number of urea groups is 1. The molecular weight excluding hydrogens is 574 g/mol. The van der Waals surface area contributed by atoms with E-state index in [-0.39, 0.29) is 55.7 Å². The zero-order valence-electron chi connectivity index (χ0n) is 23.2. The lowest BCUT2D eigenvalue weighted by molar-refractivity contribution is -0.384. The molecule has 1 aliphatic heterocycles. The molecule has 12 nitrogen and oxygen atoms in total. The minimum absolute atomic E-state index is 0.0663. The monoisotopic (exact) mass is 609 g/mol. The Labute approximate surface area is 245 Å². The number of methoxy groups -OCH3 is 1. The number of hydrogen-bond donors (Lipinski definition) is 1. The quantitative estimate of drug-likeness (QED) is 0.267. The number of carbonyl (C=O) groups excluding carboxylic acids is 2. The lowest BCUT2D eigenvalue weighted by Crippen LogP contribution is -2.52. The fourth-order valence-electron chi connectivity index (χ4n) is 4.64. The number of nitrogens with one attached hydrogen (secondary N) is 1. The van der Waals surface area contributed by atoms with Crippen LogP contribution in [0, 0.1) is 10.1 Å². The third-order valence-corrected chi connectivity index (χ3v) is 9.05. The predicted octanol–water partition coefficient (Wildman–Crippen LogP) is 3.96. The number of nitrogens with zero attached hydrogens (tertiary/aromatic N) is 4. The molecular formula is C27H36ClN5O7S. The Morgan fingerprint density at radius 1 is 1.17 bits per heavy atom. The number of rotatable bonds is 13. The summed E-state index contributed by atoms with van der Waals surface area (Å²) in [5.74, 6) is -0.407. The highest BCUT2D eigenvalue weighted by molar-refractivity contribution is 7.89. The van der Waals surface area contributed by atoms with E-state index in [1.165, 1.54) is 35.7 Å². The highest BCUT2D eigenvalue weighted by Gasteiger charge is 2.32. The standard InChI is InChI=1S/C27H36ClN5O7S/c1-3-17-41(38,39)31(15-16-40-2)20-26(34)32(19-21-5-4-6-22(28)18-21)24-11-13-30(14-12-24)27(35)29-23-7-9-25(10-8-23)33(36)37/h4-10,18,24H,3,11-17,19-20H2,1-2H3,(H,29,35). The zero-order valence-corrected chi connectivity index (χ0v) is 24.8. The van der Waals surface area contributed by atoms with Gasteiger partial charge in [-0.25, -0.2) is 13.2 Å². The molecule has 1 aliphatic rings. The van der Waals surface area contributed by atoms with E-state index in [1.54, 1.807) is 34.9 Å². The number of halogens is 1. The Bertz CT molecular complexity index is 1300. The summed E-state index contributed by atoms with van der Waals surface area (Å²) in [6.45, 7) is 2.65. The highest BCUT2D eigenvalue weighted by atomic mass is 35.5. The van der Waals surface area contributed by atoms with E-state index in [0.29, 0.717) is 43.1 Å². The van der Waals surface area contributed by atoms with Gasteiger partial charge in [-0.3, -0.25) is 14.9 Å². The van der Waals surface area contributed by atoms with E-state index in [0.717, 1.165) is 5.56 Å². The van der Waals surface area contributed by atoms with Crippen LogP contribution in [0.25, 0.3) is 0 Å². The summed E-state index contributed by atoms with van der Waals surface area (Å²) in [5.41, 5.74) is 1.17. The van der Waals surface area contributed by atoms with Crippen molar-refractivity contribution in [3.63, 3.8) is 0 Å². The van der Waals surface area contributed by atoms with Crippen LogP contribution in [0.2, 0.25) is 5.02 Å². The lowest BCUT2D eigenvalue weighted by atomic mass is 10.0. The molecule has 0 saturated carbocycles. The molecule has 2 aromatic rings. The van der Waals surface area contributed by atoms with Gasteiger partial charge in [-0.15, -0.1) is 0 Å². The number of anilines is 1. The summed E-state index contributed by atoms with van der Waals surface area (Å²) in [5, 5.41) is 14.1. The first-order valence-electron chi connectivity index (χ1n) is 13.3. The average Bonchev–Trinajstić information content (AvgIpc) is 2.94. The summed E-state index contributed by atoms with van der Waals surface area (Å²) in [6, 6.07) is 12.2. The van der Waals surface area contributed by atoms with Crippen molar-refractivity contribution in [2.24, 2.45) is 0 Å². The predicted molar refractivity (Wildman–Crippen MR) is 156 cm³/mol. The molecule has 1 fully saturated rings. The van der Waals surface area contributed by atoms with Crippen molar-refractivity contribution >= 4 is 44.9 Å². The molecule has 0 aromatic heterocycles. The van der Waals surface area contributed by atoms with Gasteiger partial charge in [-0.1, -0.05) is 30.7 Å². The van der Waals surface area contributed by atoms with Crippen LogP contribution in [0.4, 0.5) is 16.2 Å². The van der Waals surface area contributed by atoms with Crippen molar-refractivity contribution in [2.75, 3.05) is 51.0 Å². The Morgan fingerprint density at radius 2 is 1.85 bits per heavy atom. The molecule has 14 heteroatoms. The van der Waals surface area contributed by atoms with Gasteiger partial charge in [0.05, 0.1) is 23.8 Å². The molecule has 3 amide bonds. The number of sulfonamides is 1. The van der Waals surface area contributed by atoms with Crippen LogP contribution in [-0.4, -0.2) is 91.1 Å². The molecule has 0 unspecified atom stereocenters. The summed E-state index contributed by atoms with van der Waals surface area (Å²) >= 11 is 6.19. The Morgan fingerprint density at radius 3 is 2.44 bits per heavy atom. The van der Waals surface area contributed by atoms with Gasteiger partial charge in [-0.2, -0.15) is 4.31 Å². The van der Waals surface area contributed by atoms with Gasteiger partial charge in [0.15, 0.2) is 0 Å². The SMILES string of the molecule is CCCS(=O)(=O)N(CCOC)CC(=O)N(Cc1cccc(Cl)c1)C1CCN(C(=O)Nc2ccc([N+](=O)[O-])cc2)CC1. The van der Waals surface area contributed by atoms with E-state index in [4.69, 9.17) is 16.3 Å². The fourth-order valence-corrected chi connectivity index (χ4v) is 6.29. The van der Waals surface area contributed by atoms with E-state index in [1.807, 2.05) is 6.07 Å². The zero-order chi connectivity index (χ0) is 30.0. The van der Waals surface area contributed by atoms with Gasteiger partial charge in [0.25, 0.3) is 5.69 Å². The van der Waals surface area contributed by atoms with Crippen LogP contribution in [0.1, 0.15) is 31.7 Å². The van der Waals surface area contributed by atoms with E-state index in [9.17, 15) is 28.1 Å². The molecule has 1 saturated heterocycles. The van der Waals surface area contributed by atoms with Gasteiger partial charge in [0.1, 0.15) is 0 Å². The maximum Gasteiger partial charge on any atom is 0.321 e. The maximum absolute atomic E-state index is 13.7. The van der Waals surface area contributed by atoms with Crippen molar-refractivity contribution in [3.8, 4) is 0 Å². The molecule has 0 radical (unpaired) electrons.